The number of methoxy groups -OCH3 is 1. The summed E-state index contributed by atoms with van der Waals surface area (Å²) >= 11 is 6.28. The highest BCUT2D eigenvalue weighted by Crippen LogP contribution is 2.51. The molecule has 2 aromatic rings. The number of benzene rings is 2. The maximum Gasteiger partial charge on any atom is 0.341 e. The normalized spacial score (nSPS) is 24.2. The zero-order valence-electron chi connectivity index (χ0n) is 18.8. The van der Waals surface area contributed by atoms with E-state index in [0.717, 1.165) is 43.1 Å². The van der Waals surface area contributed by atoms with E-state index in [2.05, 4.69) is 18.7 Å². The molecule has 176 valence electrons. The summed E-state index contributed by atoms with van der Waals surface area (Å²) < 4.78 is 32.0. The first-order valence-corrected chi connectivity index (χ1v) is 11.5. The highest BCUT2D eigenvalue weighted by Gasteiger charge is 2.42. The van der Waals surface area contributed by atoms with Crippen molar-refractivity contribution < 1.29 is 28.5 Å². The Balaban J connectivity index is 1.74. The Morgan fingerprint density at radius 2 is 2.09 bits per heavy atom. The first-order chi connectivity index (χ1) is 15.8. The van der Waals surface area contributed by atoms with Crippen molar-refractivity contribution in [3.63, 3.8) is 0 Å². The van der Waals surface area contributed by atoms with E-state index >= 15 is 0 Å². The third-order valence-corrected chi connectivity index (χ3v) is 6.93. The van der Waals surface area contributed by atoms with E-state index in [0.29, 0.717) is 5.56 Å². The van der Waals surface area contributed by atoms with Gasteiger partial charge in [0.05, 0.1) is 24.3 Å². The van der Waals surface area contributed by atoms with E-state index in [1.54, 1.807) is 7.11 Å². The zero-order valence-corrected chi connectivity index (χ0v) is 19.5. The van der Waals surface area contributed by atoms with Crippen LogP contribution in [0.5, 0.6) is 11.5 Å². The quantitative estimate of drug-likeness (QED) is 0.513. The van der Waals surface area contributed by atoms with Crippen LogP contribution in [-0.4, -0.2) is 30.9 Å². The SMILES string of the molecule is C=C(C)[C@H]1C[C@@H]2c3ccc(OC)cc3CCC[C@@H]2O[C@@H]1c1cc(F)cc(Cl)c1OCC(=O)O. The molecule has 1 heterocycles. The molecule has 2 aliphatic rings. The largest absolute Gasteiger partial charge is 0.497 e. The number of fused-ring (bicyclic) bond motifs is 3. The van der Waals surface area contributed by atoms with Gasteiger partial charge < -0.3 is 19.3 Å². The van der Waals surface area contributed by atoms with Crippen LogP contribution in [0.4, 0.5) is 4.39 Å². The summed E-state index contributed by atoms with van der Waals surface area (Å²) in [6.07, 6.45) is 2.91. The monoisotopic (exact) mass is 474 g/mol. The van der Waals surface area contributed by atoms with Crippen LogP contribution in [0.1, 0.15) is 54.9 Å². The number of aryl methyl sites for hydroxylation is 1. The Hall–Kier alpha value is -2.57. The lowest BCUT2D eigenvalue weighted by Gasteiger charge is -2.43. The second-order valence-electron chi connectivity index (χ2n) is 8.84. The maximum atomic E-state index is 14.4. The van der Waals surface area contributed by atoms with Gasteiger partial charge in [0, 0.05) is 17.4 Å². The molecule has 1 aliphatic carbocycles. The second-order valence-corrected chi connectivity index (χ2v) is 9.24. The van der Waals surface area contributed by atoms with Crippen LogP contribution in [-0.2, 0) is 16.0 Å². The summed E-state index contributed by atoms with van der Waals surface area (Å²) in [7, 11) is 1.67. The van der Waals surface area contributed by atoms with Crippen LogP contribution in [0, 0.1) is 11.7 Å². The molecule has 4 atom stereocenters. The minimum absolute atomic E-state index is 0.0238. The molecule has 7 heteroatoms. The van der Waals surface area contributed by atoms with Crippen molar-refractivity contribution in [2.45, 2.75) is 50.7 Å². The number of hydrogen-bond acceptors (Lipinski definition) is 4. The van der Waals surface area contributed by atoms with Gasteiger partial charge in [0.2, 0.25) is 0 Å². The van der Waals surface area contributed by atoms with Crippen LogP contribution in [0.15, 0.2) is 42.5 Å². The van der Waals surface area contributed by atoms with E-state index in [4.69, 9.17) is 30.9 Å². The van der Waals surface area contributed by atoms with Crippen LogP contribution >= 0.6 is 11.6 Å². The van der Waals surface area contributed by atoms with Gasteiger partial charge in [-0.3, -0.25) is 0 Å². The first kappa shape index (κ1) is 23.6. The highest BCUT2D eigenvalue weighted by molar-refractivity contribution is 6.32. The molecule has 0 saturated carbocycles. The van der Waals surface area contributed by atoms with Gasteiger partial charge in [-0.15, -0.1) is 0 Å². The van der Waals surface area contributed by atoms with Gasteiger partial charge in [0.1, 0.15) is 17.3 Å². The van der Waals surface area contributed by atoms with Gasteiger partial charge in [-0.2, -0.15) is 0 Å². The molecular weight excluding hydrogens is 447 g/mol. The smallest absolute Gasteiger partial charge is 0.341 e. The topological polar surface area (TPSA) is 65.0 Å². The van der Waals surface area contributed by atoms with Gasteiger partial charge in [-0.05, 0) is 68.0 Å². The molecule has 5 nitrogen and oxygen atoms in total. The summed E-state index contributed by atoms with van der Waals surface area (Å²) in [4.78, 5) is 11.1. The molecule has 4 rings (SSSR count). The number of ether oxygens (including phenoxy) is 3. The predicted octanol–water partition coefficient (Wildman–Crippen LogP) is 6.09. The average Bonchev–Trinajstić information content (AvgIpc) is 2.95. The fourth-order valence-electron chi connectivity index (χ4n) is 5.13. The van der Waals surface area contributed by atoms with E-state index < -0.39 is 24.5 Å². The fourth-order valence-corrected chi connectivity index (χ4v) is 5.40. The standard InChI is InChI=1S/C26H28ClFO5/c1-14(2)19-12-20-18-8-7-17(31-3)9-15(18)5-4-6-23(20)33-25(19)21-10-16(28)11-22(27)26(21)32-13-24(29)30/h7-11,19-20,23,25H,1,4-6,12-13H2,2-3H3,(H,29,30)/t19-,20-,23+,25+/m1/s1. The molecule has 1 fully saturated rings. The number of carboxylic acid groups (broad SMARTS) is 1. The lowest BCUT2D eigenvalue weighted by atomic mass is 9.74. The molecule has 1 N–H and O–H groups in total. The molecule has 0 aromatic heterocycles. The highest BCUT2D eigenvalue weighted by atomic mass is 35.5. The lowest BCUT2D eigenvalue weighted by Crippen LogP contribution is -2.36. The van der Waals surface area contributed by atoms with Gasteiger partial charge in [-0.1, -0.05) is 29.8 Å². The van der Waals surface area contributed by atoms with Crippen LogP contribution in [0.3, 0.4) is 0 Å². The van der Waals surface area contributed by atoms with E-state index in [1.807, 2.05) is 13.0 Å². The molecule has 0 unspecified atom stereocenters. The van der Waals surface area contributed by atoms with Crippen LogP contribution in [0.25, 0.3) is 0 Å². The number of rotatable bonds is 6. The second kappa shape index (κ2) is 9.74. The maximum absolute atomic E-state index is 14.4. The summed E-state index contributed by atoms with van der Waals surface area (Å²) in [5, 5.41) is 9.11. The molecule has 33 heavy (non-hydrogen) atoms. The zero-order chi connectivity index (χ0) is 23.7. The average molecular weight is 475 g/mol. The number of hydrogen-bond donors (Lipinski definition) is 1. The Labute approximate surface area is 198 Å². The number of halogens is 2. The Kier molecular flexibility index (Phi) is 6.96. The third-order valence-electron chi connectivity index (χ3n) is 6.64. The molecule has 0 bridgehead atoms. The number of carboxylic acids is 1. The van der Waals surface area contributed by atoms with Crippen molar-refractivity contribution in [3.05, 3.63) is 70.0 Å². The molecule has 0 spiro atoms. The Bertz CT molecular complexity index is 1070. The third kappa shape index (κ3) is 4.87. The van der Waals surface area contributed by atoms with Gasteiger partial charge in [-0.25, -0.2) is 9.18 Å². The number of aliphatic carboxylic acids is 1. The molecule has 1 aliphatic heterocycles. The predicted molar refractivity (Wildman–Crippen MR) is 124 cm³/mol. The minimum atomic E-state index is -1.14. The van der Waals surface area contributed by atoms with Gasteiger partial charge >= 0.3 is 5.97 Å². The molecule has 2 aromatic carbocycles. The summed E-state index contributed by atoms with van der Waals surface area (Å²) in [5.41, 5.74) is 3.85. The summed E-state index contributed by atoms with van der Waals surface area (Å²) in [6, 6.07) is 8.66. The summed E-state index contributed by atoms with van der Waals surface area (Å²) in [6.45, 7) is 5.54. The number of carbonyl (C=O) groups is 1. The minimum Gasteiger partial charge on any atom is -0.497 e. The molecule has 0 amide bonds. The molecular formula is C26H28ClFO5. The first-order valence-electron chi connectivity index (χ1n) is 11.1. The van der Waals surface area contributed by atoms with Crippen LogP contribution in [0.2, 0.25) is 5.02 Å². The van der Waals surface area contributed by atoms with Gasteiger partial charge in [0.15, 0.2) is 6.61 Å². The van der Waals surface area contributed by atoms with Crippen molar-refractivity contribution in [1.82, 2.24) is 0 Å². The van der Waals surface area contributed by atoms with E-state index in [9.17, 15) is 9.18 Å². The molecule has 1 saturated heterocycles. The van der Waals surface area contributed by atoms with Crippen LogP contribution < -0.4 is 9.47 Å². The molecule has 0 radical (unpaired) electrons. The van der Waals surface area contributed by atoms with Gasteiger partial charge in [0.25, 0.3) is 0 Å². The van der Waals surface area contributed by atoms with E-state index in [1.165, 1.54) is 17.2 Å². The van der Waals surface area contributed by atoms with Crippen molar-refractivity contribution in [1.29, 1.82) is 0 Å². The van der Waals surface area contributed by atoms with Crippen molar-refractivity contribution >= 4 is 17.6 Å². The van der Waals surface area contributed by atoms with Crippen molar-refractivity contribution in [3.8, 4) is 11.5 Å². The Morgan fingerprint density at radius 1 is 1.30 bits per heavy atom. The summed E-state index contributed by atoms with van der Waals surface area (Å²) in [5.74, 6) is -0.634. The van der Waals surface area contributed by atoms with Crippen molar-refractivity contribution in [2.24, 2.45) is 5.92 Å². The van der Waals surface area contributed by atoms with Crippen molar-refractivity contribution in [2.75, 3.05) is 13.7 Å². The lowest BCUT2D eigenvalue weighted by molar-refractivity contribution is -0.139. The Morgan fingerprint density at radius 3 is 2.79 bits per heavy atom. The fraction of sp³-hybridized carbons (Fsp3) is 0.423. The van der Waals surface area contributed by atoms with E-state index in [-0.39, 0.29) is 28.7 Å².